The van der Waals surface area contributed by atoms with Gasteiger partial charge in [0.15, 0.2) is 6.61 Å². The first-order valence-corrected chi connectivity index (χ1v) is 10.6. The lowest BCUT2D eigenvalue weighted by atomic mass is 10.1. The highest BCUT2D eigenvalue weighted by molar-refractivity contribution is 8.77. The Hall–Kier alpha value is -1.67. The Morgan fingerprint density at radius 3 is 2.60 bits per heavy atom. The van der Waals surface area contributed by atoms with Gasteiger partial charge in [0, 0.05) is 28.7 Å². The molecule has 2 rings (SSSR count). The third kappa shape index (κ3) is 7.39. The molecule has 0 aromatic heterocycles. The SMILES string of the molecule is NC(=O)c1ccc(NC(=O)COC(=O)CCCC[C@H]2CCSS2)cc1. The van der Waals surface area contributed by atoms with Crippen LogP contribution in [-0.4, -0.2) is 35.4 Å². The number of amides is 2. The molecule has 0 unspecified atom stereocenters. The molecule has 0 aliphatic carbocycles. The van der Waals surface area contributed by atoms with Crippen LogP contribution in [0.1, 0.15) is 42.5 Å². The molecule has 1 aromatic carbocycles. The minimum absolute atomic E-state index is 0.314. The summed E-state index contributed by atoms with van der Waals surface area (Å²) in [5.74, 6) is -0.0816. The van der Waals surface area contributed by atoms with Crippen molar-refractivity contribution in [3.05, 3.63) is 29.8 Å². The summed E-state index contributed by atoms with van der Waals surface area (Å²) in [7, 11) is 3.86. The van der Waals surface area contributed by atoms with Gasteiger partial charge < -0.3 is 15.8 Å². The fraction of sp³-hybridized carbons (Fsp3) is 0.471. The van der Waals surface area contributed by atoms with Crippen molar-refractivity contribution in [2.24, 2.45) is 5.73 Å². The van der Waals surface area contributed by atoms with E-state index in [9.17, 15) is 14.4 Å². The lowest BCUT2D eigenvalue weighted by Crippen LogP contribution is -2.21. The average molecular weight is 383 g/mol. The van der Waals surface area contributed by atoms with Crippen LogP contribution in [0.4, 0.5) is 5.69 Å². The Morgan fingerprint density at radius 1 is 1.20 bits per heavy atom. The molecule has 1 aliphatic heterocycles. The van der Waals surface area contributed by atoms with E-state index in [1.54, 1.807) is 12.1 Å². The molecule has 1 aromatic rings. The third-order valence-electron chi connectivity index (χ3n) is 3.70. The van der Waals surface area contributed by atoms with Gasteiger partial charge >= 0.3 is 5.97 Å². The topological polar surface area (TPSA) is 98.5 Å². The number of carbonyl (C=O) groups excluding carboxylic acids is 3. The fourth-order valence-corrected chi connectivity index (χ4v) is 5.37. The summed E-state index contributed by atoms with van der Waals surface area (Å²) in [6.07, 6.45) is 4.51. The number of rotatable bonds is 9. The van der Waals surface area contributed by atoms with Crippen LogP contribution in [0.5, 0.6) is 0 Å². The number of unbranched alkanes of at least 4 members (excludes halogenated alkanes) is 1. The minimum Gasteiger partial charge on any atom is -0.456 e. The molecule has 136 valence electrons. The second-order valence-electron chi connectivity index (χ2n) is 5.73. The van der Waals surface area contributed by atoms with Crippen molar-refractivity contribution in [1.82, 2.24) is 0 Å². The van der Waals surface area contributed by atoms with Crippen LogP contribution < -0.4 is 11.1 Å². The summed E-state index contributed by atoms with van der Waals surface area (Å²) < 4.78 is 4.98. The molecule has 0 spiro atoms. The quantitative estimate of drug-likeness (QED) is 0.387. The standard InChI is InChI=1S/C17H22N2O4S2/c18-17(22)12-5-7-13(8-6-12)19-15(20)11-23-16(21)4-2-1-3-14-9-10-24-25-14/h5-8,14H,1-4,9-11H2,(H2,18,22)(H,19,20)/t14-/m0/s1. The Labute approximate surface area is 155 Å². The molecule has 1 heterocycles. The molecule has 1 atom stereocenters. The zero-order valence-electron chi connectivity index (χ0n) is 13.9. The smallest absolute Gasteiger partial charge is 0.306 e. The van der Waals surface area contributed by atoms with Crippen LogP contribution in [0.2, 0.25) is 0 Å². The number of nitrogens with one attached hydrogen (secondary N) is 1. The van der Waals surface area contributed by atoms with E-state index in [2.05, 4.69) is 5.32 Å². The van der Waals surface area contributed by atoms with Crippen molar-refractivity contribution >= 4 is 45.1 Å². The highest BCUT2D eigenvalue weighted by atomic mass is 33.1. The van der Waals surface area contributed by atoms with E-state index >= 15 is 0 Å². The van der Waals surface area contributed by atoms with Crippen molar-refractivity contribution in [1.29, 1.82) is 0 Å². The summed E-state index contributed by atoms with van der Waals surface area (Å²) in [5.41, 5.74) is 6.02. The first-order valence-electron chi connectivity index (χ1n) is 8.18. The van der Waals surface area contributed by atoms with E-state index in [0.29, 0.717) is 22.9 Å². The Morgan fingerprint density at radius 2 is 1.96 bits per heavy atom. The van der Waals surface area contributed by atoms with Gasteiger partial charge in [0.2, 0.25) is 5.91 Å². The number of benzene rings is 1. The number of primary amides is 1. The summed E-state index contributed by atoms with van der Waals surface area (Å²) in [5, 5.41) is 3.31. The van der Waals surface area contributed by atoms with Gasteiger partial charge in [-0.15, -0.1) is 0 Å². The first kappa shape index (κ1) is 19.7. The van der Waals surface area contributed by atoms with Crippen molar-refractivity contribution in [2.75, 3.05) is 17.7 Å². The molecular formula is C17H22N2O4S2. The molecule has 3 N–H and O–H groups in total. The second kappa shape index (κ2) is 10.4. The molecule has 0 saturated carbocycles. The van der Waals surface area contributed by atoms with Crippen LogP contribution in [0.15, 0.2) is 24.3 Å². The van der Waals surface area contributed by atoms with Crippen LogP contribution >= 0.6 is 21.6 Å². The highest BCUT2D eigenvalue weighted by Crippen LogP contribution is 2.39. The Balaban J connectivity index is 1.58. The largest absolute Gasteiger partial charge is 0.456 e. The minimum atomic E-state index is -0.530. The fourth-order valence-electron chi connectivity index (χ4n) is 2.34. The van der Waals surface area contributed by atoms with Crippen molar-refractivity contribution < 1.29 is 19.1 Å². The monoisotopic (exact) mass is 382 g/mol. The summed E-state index contributed by atoms with van der Waals surface area (Å²) in [4.78, 5) is 34.4. The predicted molar refractivity (Wildman–Crippen MR) is 101 cm³/mol. The van der Waals surface area contributed by atoms with E-state index in [1.807, 2.05) is 21.6 Å². The van der Waals surface area contributed by atoms with Gasteiger partial charge in [-0.3, -0.25) is 14.4 Å². The maximum absolute atomic E-state index is 11.8. The number of anilines is 1. The molecule has 0 bridgehead atoms. The number of hydrogen-bond donors (Lipinski definition) is 2. The Bertz CT molecular complexity index is 601. The lowest BCUT2D eigenvalue weighted by molar-refractivity contribution is -0.147. The summed E-state index contributed by atoms with van der Waals surface area (Å²) in [6.45, 7) is -0.314. The van der Waals surface area contributed by atoms with Gasteiger partial charge in [-0.25, -0.2) is 0 Å². The van der Waals surface area contributed by atoms with Gasteiger partial charge in [0.05, 0.1) is 0 Å². The molecule has 8 heteroatoms. The van der Waals surface area contributed by atoms with Gasteiger partial charge in [-0.2, -0.15) is 0 Å². The van der Waals surface area contributed by atoms with Crippen LogP contribution in [0.25, 0.3) is 0 Å². The summed E-state index contributed by atoms with van der Waals surface area (Å²) in [6, 6.07) is 6.18. The normalized spacial score (nSPS) is 16.4. The number of nitrogens with two attached hydrogens (primary N) is 1. The maximum Gasteiger partial charge on any atom is 0.306 e. The predicted octanol–water partition coefficient (Wildman–Crippen LogP) is 2.98. The van der Waals surface area contributed by atoms with E-state index in [4.69, 9.17) is 10.5 Å². The van der Waals surface area contributed by atoms with Gasteiger partial charge in [-0.1, -0.05) is 28.0 Å². The lowest BCUT2D eigenvalue weighted by Gasteiger charge is -2.08. The summed E-state index contributed by atoms with van der Waals surface area (Å²) >= 11 is 0. The molecule has 0 radical (unpaired) electrons. The third-order valence-corrected chi connectivity index (χ3v) is 6.71. The number of carbonyl (C=O) groups is 3. The molecule has 1 saturated heterocycles. The molecule has 25 heavy (non-hydrogen) atoms. The average Bonchev–Trinajstić information content (AvgIpc) is 3.11. The van der Waals surface area contributed by atoms with E-state index in [0.717, 1.165) is 19.3 Å². The van der Waals surface area contributed by atoms with Gasteiger partial charge in [-0.05, 0) is 43.5 Å². The molecule has 1 aliphatic rings. The van der Waals surface area contributed by atoms with Crippen LogP contribution in [0.3, 0.4) is 0 Å². The van der Waals surface area contributed by atoms with E-state index in [-0.39, 0.29) is 12.6 Å². The zero-order chi connectivity index (χ0) is 18.1. The van der Waals surface area contributed by atoms with Crippen molar-refractivity contribution in [2.45, 2.75) is 37.4 Å². The Kier molecular flexibility index (Phi) is 8.14. The molecular weight excluding hydrogens is 360 g/mol. The van der Waals surface area contributed by atoms with Crippen LogP contribution in [0, 0.1) is 0 Å². The van der Waals surface area contributed by atoms with Gasteiger partial charge in [0.25, 0.3) is 5.91 Å². The van der Waals surface area contributed by atoms with Crippen LogP contribution in [-0.2, 0) is 14.3 Å². The number of esters is 1. The zero-order valence-corrected chi connectivity index (χ0v) is 15.5. The van der Waals surface area contributed by atoms with Crippen molar-refractivity contribution in [3.63, 3.8) is 0 Å². The van der Waals surface area contributed by atoms with E-state index < -0.39 is 11.8 Å². The maximum atomic E-state index is 11.8. The number of hydrogen-bond acceptors (Lipinski definition) is 6. The first-order chi connectivity index (χ1) is 12.0. The highest BCUT2D eigenvalue weighted by Gasteiger charge is 2.16. The number of ether oxygens (including phenoxy) is 1. The van der Waals surface area contributed by atoms with Gasteiger partial charge in [0.1, 0.15) is 0 Å². The van der Waals surface area contributed by atoms with E-state index in [1.165, 1.54) is 24.3 Å². The second-order valence-corrected chi connectivity index (χ2v) is 8.51. The molecule has 6 nitrogen and oxygen atoms in total. The van der Waals surface area contributed by atoms with Crippen molar-refractivity contribution in [3.8, 4) is 0 Å². The molecule has 1 fully saturated rings. The molecule has 2 amide bonds.